The van der Waals surface area contributed by atoms with E-state index in [0.717, 1.165) is 29.0 Å². The predicted octanol–water partition coefficient (Wildman–Crippen LogP) is 3.43. The van der Waals surface area contributed by atoms with E-state index < -0.39 is 6.10 Å². The average Bonchev–Trinajstić information content (AvgIpc) is 2.96. The molecule has 30 heavy (non-hydrogen) atoms. The highest BCUT2D eigenvalue weighted by atomic mass is 16.5. The summed E-state index contributed by atoms with van der Waals surface area (Å²) in [7, 11) is 1.78. The molecule has 2 aromatic carbocycles. The fraction of sp³-hybridized carbons (Fsp3) is 0.333. The molecule has 0 spiro atoms. The van der Waals surface area contributed by atoms with E-state index in [1.807, 2.05) is 43.3 Å². The Kier molecular flexibility index (Phi) is 5.86. The maximum absolute atomic E-state index is 13.0. The van der Waals surface area contributed by atoms with Crippen LogP contribution in [0.25, 0.3) is 0 Å². The van der Waals surface area contributed by atoms with Gasteiger partial charge in [-0.2, -0.15) is 5.10 Å². The largest absolute Gasteiger partial charge is 0.491 e. The molecule has 0 saturated heterocycles. The summed E-state index contributed by atoms with van der Waals surface area (Å²) in [6, 6.07) is 17.7. The smallest absolute Gasteiger partial charge is 0.272 e. The van der Waals surface area contributed by atoms with Gasteiger partial charge in [-0.25, -0.2) is 0 Å². The number of benzene rings is 2. The molecule has 1 aliphatic heterocycles. The minimum absolute atomic E-state index is 0.0652. The first-order valence-electron chi connectivity index (χ1n) is 10.3. The third-order valence-corrected chi connectivity index (χ3v) is 5.51. The molecule has 0 fully saturated rings. The number of aryl methyl sites for hydroxylation is 3. The molecule has 1 aromatic heterocycles. The van der Waals surface area contributed by atoms with Gasteiger partial charge in [0, 0.05) is 19.2 Å². The highest BCUT2D eigenvalue weighted by molar-refractivity contribution is 5.92. The molecule has 6 nitrogen and oxygen atoms in total. The summed E-state index contributed by atoms with van der Waals surface area (Å²) < 4.78 is 7.49. The molecule has 0 unspecified atom stereocenters. The molecule has 1 N–H and O–H groups in total. The number of aliphatic hydroxyl groups is 1. The van der Waals surface area contributed by atoms with Gasteiger partial charge in [-0.1, -0.05) is 36.4 Å². The number of ether oxygens (including phenoxy) is 1. The van der Waals surface area contributed by atoms with Crippen LogP contribution in [0.3, 0.4) is 0 Å². The second-order valence-corrected chi connectivity index (χ2v) is 7.78. The van der Waals surface area contributed by atoms with Crippen molar-refractivity contribution in [2.45, 2.75) is 32.4 Å². The zero-order valence-electron chi connectivity index (χ0n) is 17.4. The van der Waals surface area contributed by atoms with Crippen LogP contribution < -0.4 is 4.74 Å². The normalized spacial score (nSPS) is 14.6. The molecular weight excluding hydrogens is 378 g/mol. The molecule has 3 aromatic rings. The molecule has 1 aliphatic rings. The number of fused-ring (bicyclic) bond motifs is 1. The number of aliphatic hydroxyl groups excluding tert-OH is 1. The van der Waals surface area contributed by atoms with E-state index >= 15 is 0 Å². The first-order valence-corrected chi connectivity index (χ1v) is 10.3. The third-order valence-electron chi connectivity index (χ3n) is 5.51. The second kappa shape index (κ2) is 8.71. The lowest BCUT2D eigenvalue weighted by molar-refractivity contribution is 0.0722. The van der Waals surface area contributed by atoms with Gasteiger partial charge < -0.3 is 14.7 Å². The molecule has 6 heteroatoms. The first-order chi connectivity index (χ1) is 14.5. The summed E-state index contributed by atoms with van der Waals surface area (Å²) in [5, 5.41) is 15.0. The molecule has 1 atom stereocenters. The number of aromatic nitrogens is 2. The van der Waals surface area contributed by atoms with E-state index in [1.165, 1.54) is 5.56 Å². The lowest BCUT2D eigenvalue weighted by Crippen LogP contribution is -2.33. The maximum Gasteiger partial charge on any atom is 0.272 e. The van der Waals surface area contributed by atoms with Crippen LogP contribution in [-0.4, -0.2) is 38.8 Å². The van der Waals surface area contributed by atoms with Crippen molar-refractivity contribution in [2.24, 2.45) is 7.05 Å². The fourth-order valence-electron chi connectivity index (χ4n) is 3.88. The summed E-state index contributed by atoms with van der Waals surface area (Å²) in [6.45, 7) is 3.26. The van der Waals surface area contributed by atoms with Crippen LogP contribution in [0.2, 0.25) is 0 Å². The van der Waals surface area contributed by atoms with E-state index in [0.29, 0.717) is 31.8 Å². The van der Waals surface area contributed by atoms with Gasteiger partial charge in [0.25, 0.3) is 5.91 Å². The zero-order chi connectivity index (χ0) is 21.1. The summed E-state index contributed by atoms with van der Waals surface area (Å²) in [5.41, 5.74) is 4.35. The second-order valence-electron chi connectivity index (χ2n) is 7.78. The number of hydrogen-bond acceptors (Lipinski definition) is 4. The van der Waals surface area contributed by atoms with Gasteiger partial charge in [0.15, 0.2) is 0 Å². The van der Waals surface area contributed by atoms with Gasteiger partial charge in [0.05, 0.1) is 18.3 Å². The Morgan fingerprint density at radius 2 is 2.00 bits per heavy atom. The highest BCUT2D eigenvalue weighted by Crippen LogP contribution is 2.29. The molecule has 0 aliphatic carbocycles. The number of carbonyl (C=O) groups excluding carboxylic acids is 1. The Morgan fingerprint density at radius 1 is 1.20 bits per heavy atom. The maximum atomic E-state index is 13.0. The van der Waals surface area contributed by atoms with Crippen molar-refractivity contribution < 1.29 is 14.6 Å². The van der Waals surface area contributed by atoms with E-state index in [4.69, 9.17) is 4.74 Å². The molecule has 4 rings (SSSR count). The standard InChI is InChI=1S/C24H27N3O3/c1-17-14-21(26(2)25-17)24(29)27-12-13-30-23-11-9-19(15-20(23)16-27)22(28)10-8-18-6-4-3-5-7-18/h3-7,9,11,14-15,22,28H,8,10,12-13,16H2,1-2H3/t22-/m0/s1. The monoisotopic (exact) mass is 405 g/mol. The van der Waals surface area contributed by atoms with Gasteiger partial charge >= 0.3 is 0 Å². The van der Waals surface area contributed by atoms with Crippen molar-refractivity contribution in [3.8, 4) is 5.75 Å². The number of nitrogens with zero attached hydrogens (tertiary/aromatic N) is 3. The number of hydrogen-bond donors (Lipinski definition) is 1. The minimum atomic E-state index is -0.567. The van der Waals surface area contributed by atoms with Crippen molar-refractivity contribution in [3.05, 3.63) is 82.7 Å². The summed E-state index contributed by atoms with van der Waals surface area (Å²) in [6.07, 6.45) is 0.878. The van der Waals surface area contributed by atoms with Gasteiger partial charge in [-0.05, 0) is 49.1 Å². The van der Waals surface area contributed by atoms with Crippen LogP contribution in [0.4, 0.5) is 0 Å². The van der Waals surface area contributed by atoms with Crippen molar-refractivity contribution in [1.29, 1.82) is 0 Å². The highest BCUT2D eigenvalue weighted by Gasteiger charge is 2.24. The summed E-state index contributed by atoms with van der Waals surface area (Å²) >= 11 is 0. The van der Waals surface area contributed by atoms with Gasteiger partial charge in [0.2, 0.25) is 0 Å². The van der Waals surface area contributed by atoms with Crippen LogP contribution in [0.15, 0.2) is 54.6 Å². The van der Waals surface area contributed by atoms with Crippen molar-refractivity contribution in [2.75, 3.05) is 13.2 Å². The number of carbonyl (C=O) groups is 1. The van der Waals surface area contributed by atoms with E-state index in [1.54, 1.807) is 22.7 Å². The fourth-order valence-corrected chi connectivity index (χ4v) is 3.88. The van der Waals surface area contributed by atoms with Gasteiger partial charge in [-0.3, -0.25) is 9.48 Å². The summed E-state index contributed by atoms with van der Waals surface area (Å²) in [5.74, 6) is 0.704. The van der Waals surface area contributed by atoms with Crippen LogP contribution in [0, 0.1) is 6.92 Å². The molecule has 0 bridgehead atoms. The minimum Gasteiger partial charge on any atom is -0.491 e. The Labute approximate surface area is 176 Å². The van der Waals surface area contributed by atoms with Crippen LogP contribution >= 0.6 is 0 Å². The van der Waals surface area contributed by atoms with E-state index in [2.05, 4.69) is 17.2 Å². The number of rotatable bonds is 5. The Balaban J connectivity index is 1.50. The van der Waals surface area contributed by atoms with Crippen molar-refractivity contribution >= 4 is 5.91 Å². The molecule has 0 saturated carbocycles. The van der Waals surface area contributed by atoms with Crippen molar-refractivity contribution in [1.82, 2.24) is 14.7 Å². The van der Waals surface area contributed by atoms with Crippen LogP contribution in [-0.2, 0) is 20.0 Å². The Morgan fingerprint density at radius 3 is 2.73 bits per heavy atom. The van der Waals surface area contributed by atoms with Gasteiger partial charge in [0.1, 0.15) is 18.1 Å². The third kappa shape index (κ3) is 4.39. The molecular formula is C24H27N3O3. The van der Waals surface area contributed by atoms with Crippen molar-refractivity contribution in [3.63, 3.8) is 0 Å². The molecule has 0 radical (unpaired) electrons. The zero-order valence-corrected chi connectivity index (χ0v) is 17.4. The number of amides is 1. The average molecular weight is 405 g/mol. The Hall–Kier alpha value is -3.12. The van der Waals surface area contributed by atoms with Crippen LogP contribution in [0.1, 0.15) is 45.4 Å². The lowest BCUT2D eigenvalue weighted by atomic mass is 9.99. The summed E-state index contributed by atoms with van der Waals surface area (Å²) in [4.78, 5) is 14.8. The van der Waals surface area contributed by atoms with E-state index in [9.17, 15) is 9.90 Å². The predicted molar refractivity (Wildman–Crippen MR) is 114 cm³/mol. The van der Waals surface area contributed by atoms with Crippen LogP contribution in [0.5, 0.6) is 5.75 Å². The molecule has 156 valence electrons. The Bertz CT molecular complexity index is 1030. The van der Waals surface area contributed by atoms with E-state index in [-0.39, 0.29) is 5.91 Å². The molecule has 2 heterocycles. The first kappa shape index (κ1) is 20.2. The van der Waals surface area contributed by atoms with Gasteiger partial charge in [-0.15, -0.1) is 0 Å². The lowest BCUT2D eigenvalue weighted by Gasteiger charge is -2.20. The topological polar surface area (TPSA) is 67.6 Å². The molecule has 1 amide bonds. The SMILES string of the molecule is Cc1cc(C(=O)N2CCOc3ccc([C@@H](O)CCc4ccccc4)cc3C2)n(C)n1. The quantitative estimate of drug-likeness (QED) is 0.706.